The van der Waals surface area contributed by atoms with E-state index >= 15 is 0 Å². The number of aromatic carboxylic acids is 1. The highest BCUT2D eigenvalue weighted by atomic mass is 35.5. The quantitative estimate of drug-likeness (QED) is 0.880. The summed E-state index contributed by atoms with van der Waals surface area (Å²) in [6.45, 7) is 0. The highest BCUT2D eigenvalue weighted by molar-refractivity contribution is 6.33. The molecule has 0 atom stereocenters. The van der Waals surface area contributed by atoms with E-state index in [-0.39, 0.29) is 5.56 Å². The maximum Gasteiger partial charge on any atom is 0.335 e. The second-order valence-corrected chi connectivity index (χ2v) is 3.93. The molecular weight excluding hydrogens is 242 g/mol. The fourth-order valence-electron chi connectivity index (χ4n) is 1.39. The molecule has 2 aromatic rings. The van der Waals surface area contributed by atoms with Crippen LogP contribution in [0.25, 0.3) is 0 Å². The van der Waals surface area contributed by atoms with Gasteiger partial charge in [0.05, 0.1) is 28.2 Å². The summed E-state index contributed by atoms with van der Waals surface area (Å²) >= 11 is 5.98. The number of rotatable bonds is 3. The SMILES string of the molecule is Cn1cc(Nc2ccc(C(=O)O)cc2Cl)cn1. The van der Waals surface area contributed by atoms with Gasteiger partial charge >= 0.3 is 5.97 Å². The minimum Gasteiger partial charge on any atom is -0.478 e. The molecule has 0 aliphatic heterocycles. The highest BCUT2D eigenvalue weighted by Crippen LogP contribution is 2.26. The minimum atomic E-state index is -1.00. The average Bonchev–Trinajstić information content (AvgIpc) is 2.67. The van der Waals surface area contributed by atoms with E-state index in [9.17, 15) is 4.79 Å². The van der Waals surface area contributed by atoms with E-state index in [0.717, 1.165) is 5.69 Å². The molecular formula is C11H10ClN3O2. The van der Waals surface area contributed by atoms with Crippen molar-refractivity contribution < 1.29 is 9.90 Å². The molecule has 5 nitrogen and oxygen atoms in total. The second kappa shape index (κ2) is 4.47. The maximum atomic E-state index is 10.7. The van der Waals surface area contributed by atoms with E-state index in [1.807, 2.05) is 0 Å². The zero-order valence-electron chi connectivity index (χ0n) is 9.01. The van der Waals surface area contributed by atoms with Gasteiger partial charge in [-0.1, -0.05) is 11.6 Å². The fourth-order valence-corrected chi connectivity index (χ4v) is 1.62. The monoisotopic (exact) mass is 251 g/mol. The number of carboxylic acid groups (broad SMARTS) is 1. The molecule has 88 valence electrons. The van der Waals surface area contributed by atoms with E-state index < -0.39 is 5.97 Å². The Morgan fingerprint density at radius 3 is 2.82 bits per heavy atom. The van der Waals surface area contributed by atoms with E-state index in [1.165, 1.54) is 12.1 Å². The summed E-state index contributed by atoms with van der Waals surface area (Å²) in [6.07, 6.45) is 3.45. The number of nitrogens with zero attached hydrogens (tertiary/aromatic N) is 2. The molecule has 0 radical (unpaired) electrons. The highest BCUT2D eigenvalue weighted by Gasteiger charge is 2.07. The van der Waals surface area contributed by atoms with Crippen LogP contribution in [0.1, 0.15) is 10.4 Å². The molecule has 6 heteroatoms. The number of halogens is 1. The topological polar surface area (TPSA) is 67.2 Å². The summed E-state index contributed by atoms with van der Waals surface area (Å²) in [7, 11) is 1.81. The minimum absolute atomic E-state index is 0.159. The number of aromatic nitrogens is 2. The van der Waals surface area contributed by atoms with Gasteiger partial charge in [-0.05, 0) is 18.2 Å². The first-order chi connectivity index (χ1) is 8.06. The van der Waals surface area contributed by atoms with Crippen LogP contribution in [-0.2, 0) is 7.05 Å². The molecule has 2 N–H and O–H groups in total. The van der Waals surface area contributed by atoms with Gasteiger partial charge < -0.3 is 10.4 Å². The van der Waals surface area contributed by atoms with Gasteiger partial charge in [0, 0.05) is 13.2 Å². The number of carbonyl (C=O) groups is 1. The third-order valence-corrected chi connectivity index (χ3v) is 2.51. The number of aryl methyl sites for hydroxylation is 1. The molecule has 0 amide bonds. The number of nitrogens with one attached hydrogen (secondary N) is 1. The number of hydrogen-bond acceptors (Lipinski definition) is 3. The summed E-state index contributed by atoms with van der Waals surface area (Å²) in [5.41, 5.74) is 1.59. The van der Waals surface area contributed by atoms with Crippen LogP contribution >= 0.6 is 11.6 Å². The van der Waals surface area contributed by atoms with Crippen LogP contribution in [0.5, 0.6) is 0 Å². The van der Waals surface area contributed by atoms with Gasteiger partial charge in [-0.15, -0.1) is 0 Å². The van der Waals surface area contributed by atoms with Crippen molar-refractivity contribution in [3.05, 3.63) is 41.2 Å². The van der Waals surface area contributed by atoms with E-state index in [4.69, 9.17) is 16.7 Å². The van der Waals surface area contributed by atoms with Crippen LogP contribution in [0.15, 0.2) is 30.6 Å². The van der Waals surface area contributed by atoms with Gasteiger partial charge in [0.25, 0.3) is 0 Å². The Labute approximate surface area is 103 Å². The van der Waals surface area contributed by atoms with Crippen molar-refractivity contribution in [2.24, 2.45) is 7.05 Å². The molecule has 0 saturated carbocycles. The first kappa shape index (κ1) is 11.5. The van der Waals surface area contributed by atoms with Crippen LogP contribution in [0.4, 0.5) is 11.4 Å². The molecule has 0 fully saturated rings. The van der Waals surface area contributed by atoms with Gasteiger partial charge in [-0.3, -0.25) is 4.68 Å². The number of anilines is 2. The normalized spacial score (nSPS) is 10.2. The van der Waals surface area contributed by atoms with Crippen LogP contribution in [0.3, 0.4) is 0 Å². The van der Waals surface area contributed by atoms with Crippen LogP contribution < -0.4 is 5.32 Å². The van der Waals surface area contributed by atoms with Crippen molar-refractivity contribution in [1.29, 1.82) is 0 Å². The number of hydrogen-bond donors (Lipinski definition) is 2. The number of carboxylic acids is 1. The molecule has 0 saturated heterocycles. The van der Waals surface area contributed by atoms with Crippen molar-refractivity contribution in [1.82, 2.24) is 9.78 Å². The van der Waals surface area contributed by atoms with Gasteiger partial charge in [-0.2, -0.15) is 5.10 Å². The Morgan fingerprint density at radius 2 is 2.29 bits per heavy atom. The largest absolute Gasteiger partial charge is 0.478 e. The Bertz CT molecular complexity index is 566. The van der Waals surface area contributed by atoms with Gasteiger partial charge in [0.15, 0.2) is 0 Å². The van der Waals surface area contributed by atoms with Crippen LogP contribution in [-0.4, -0.2) is 20.9 Å². The van der Waals surface area contributed by atoms with Gasteiger partial charge in [-0.25, -0.2) is 4.79 Å². The summed E-state index contributed by atoms with van der Waals surface area (Å²) < 4.78 is 1.65. The van der Waals surface area contributed by atoms with Gasteiger partial charge in [0.2, 0.25) is 0 Å². The first-order valence-electron chi connectivity index (χ1n) is 4.85. The smallest absolute Gasteiger partial charge is 0.335 e. The van der Waals surface area contributed by atoms with Crippen molar-refractivity contribution in [3.63, 3.8) is 0 Å². The van der Waals surface area contributed by atoms with Crippen LogP contribution in [0.2, 0.25) is 5.02 Å². The molecule has 0 aliphatic carbocycles. The fraction of sp³-hybridized carbons (Fsp3) is 0.0909. The Hall–Kier alpha value is -2.01. The molecule has 17 heavy (non-hydrogen) atoms. The molecule has 0 unspecified atom stereocenters. The third-order valence-electron chi connectivity index (χ3n) is 2.20. The third kappa shape index (κ3) is 2.57. The lowest BCUT2D eigenvalue weighted by Crippen LogP contribution is -1.97. The Kier molecular flexibility index (Phi) is 3.01. The standard InChI is InChI=1S/C11H10ClN3O2/c1-15-6-8(5-13-15)14-10-3-2-7(11(16)17)4-9(10)12/h2-6,14H,1H3,(H,16,17). The van der Waals surface area contributed by atoms with E-state index in [0.29, 0.717) is 10.7 Å². The molecule has 1 heterocycles. The average molecular weight is 252 g/mol. The second-order valence-electron chi connectivity index (χ2n) is 3.53. The van der Waals surface area contributed by atoms with Gasteiger partial charge in [0.1, 0.15) is 0 Å². The van der Waals surface area contributed by atoms with Crippen molar-refractivity contribution in [3.8, 4) is 0 Å². The Balaban J connectivity index is 2.25. The summed E-state index contributed by atoms with van der Waals surface area (Å²) in [5, 5.41) is 16.2. The zero-order chi connectivity index (χ0) is 12.4. The lowest BCUT2D eigenvalue weighted by atomic mass is 10.2. The lowest BCUT2D eigenvalue weighted by Gasteiger charge is -2.06. The lowest BCUT2D eigenvalue weighted by molar-refractivity contribution is 0.0697. The summed E-state index contributed by atoms with van der Waals surface area (Å²) in [4.78, 5) is 10.7. The Morgan fingerprint density at radius 1 is 1.53 bits per heavy atom. The maximum absolute atomic E-state index is 10.7. The molecule has 1 aromatic heterocycles. The summed E-state index contributed by atoms with van der Waals surface area (Å²) in [6, 6.07) is 4.52. The molecule has 1 aromatic carbocycles. The van der Waals surface area contributed by atoms with Crippen molar-refractivity contribution >= 4 is 28.9 Å². The number of benzene rings is 1. The van der Waals surface area contributed by atoms with Crippen molar-refractivity contribution in [2.45, 2.75) is 0 Å². The van der Waals surface area contributed by atoms with Crippen LogP contribution in [0, 0.1) is 0 Å². The molecule has 0 spiro atoms. The van der Waals surface area contributed by atoms with E-state index in [2.05, 4.69) is 10.4 Å². The van der Waals surface area contributed by atoms with E-state index in [1.54, 1.807) is 30.2 Å². The molecule has 2 rings (SSSR count). The zero-order valence-corrected chi connectivity index (χ0v) is 9.77. The predicted octanol–water partition coefficient (Wildman–Crippen LogP) is 2.52. The summed E-state index contributed by atoms with van der Waals surface area (Å²) in [5.74, 6) is -1.00. The van der Waals surface area contributed by atoms with Crippen molar-refractivity contribution in [2.75, 3.05) is 5.32 Å². The predicted molar refractivity (Wildman–Crippen MR) is 64.9 cm³/mol. The molecule has 0 bridgehead atoms. The first-order valence-corrected chi connectivity index (χ1v) is 5.22. The molecule has 0 aliphatic rings.